The van der Waals surface area contributed by atoms with Gasteiger partial charge in [-0.1, -0.05) is 0 Å². The number of hydrogen-bond acceptors (Lipinski definition) is 5. The van der Waals surface area contributed by atoms with Crippen LogP contribution in [-0.2, 0) is 6.42 Å². The molecule has 2 aromatic heterocycles. The highest BCUT2D eigenvalue weighted by atomic mass is 16.5. The summed E-state index contributed by atoms with van der Waals surface area (Å²) >= 11 is 0. The van der Waals surface area contributed by atoms with E-state index in [-0.39, 0.29) is 0 Å². The van der Waals surface area contributed by atoms with Crippen molar-refractivity contribution in [1.82, 2.24) is 15.3 Å². The Hall–Kier alpha value is -2.14. The predicted octanol–water partition coefficient (Wildman–Crippen LogP) is 1.51. The van der Waals surface area contributed by atoms with Gasteiger partial charge < -0.3 is 15.0 Å². The van der Waals surface area contributed by atoms with Gasteiger partial charge in [0.25, 0.3) is 0 Å². The van der Waals surface area contributed by atoms with E-state index in [1.807, 2.05) is 30.7 Å². The smallest absolute Gasteiger partial charge is 0.139 e. The number of anilines is 1. The lowest BCUT2D eigenvalue weighted by atomic mass is 10.2. The molecule has 1 N–H and O–H groups in total. The van der Waals surface area contributed by atoms with Crippen molar-refractivity contribution in [2.45, 2.75) is 6.42 Å². The van der Waals surface area contributed by atoms with Crippen molar-refractivity contribution >= 4 is 5.69 Å². The number of nitrogens with one attached hydrogen (secondary N) is 1. The maximum absolute atomic E-state index is 5.82. The SMILES string of the molecule is c1cc(CCOc2cncc(N3CCNCC3)c2)ccn1. The van der Waals surface area contributed by atoms with Gasteiger partial charge in [0.1, 0.15) is 5.75 Å². The topological polar surface area (TPSA) is 50.3 Å². The minimum absolute atomic E-state index is 0.650. The van der Waals surface area contributed by atoms with Crippen LogP contribution in [0.25, 0.3) is 0 Å². The molecule has 0 amide bonds. The average molecular weight is 284 g/mol. The van der Waals surface area contributed by atoms with Gasteiger partial charge in [-0.25, -0.2) is 0 Å². The fraction of sp³-hybridized carbons (Fsp3) is 0.375. The molecule has 0 aliphatic carbocycles. The predicted molar refractivity (Wildman–Crippen MR) is 82.8 cm³/mol. The Morgan fingerprint density at radius 2 is 1.90 bits per heavy atom. The first-order valence-electron chi connectivity index (χ1n) is 7.34. The van der Waals surface area contributed by atoms with Crippen LogP contribution in [-0.4, -0.2) is 42.8 Å². The van der Waals surface area contributed by atoms with Gasteiger partial charge in [-0.2, -0.15) is 0 Å². The molecule has 0 radical (unpaired) electrons. The van der Waals surface area contributed by atoms with Gasteiger partial charge in [0.2, 0.25) is 0 Å². The zero-order valence-corrected chi connectivity index (χ0v) is 12.0. The van der Waals surface area contributed by atoms with Crippen molar-refractivity contribution < 1.29 is 4.74 Å². The van der Waals surface area contributed by atoms with Crippen molar-refractivity contribution in [2.24, 2.45) is 0 Å². The van der Waals surface area contributed by atoms with Crippen molar-refractivity contribution in [2.75, 3.05) is 37.7 Å². The molecule has 0 bridgehead atoms. The molecule has 0 unspecified atom stereocenters. The highest BCUT2D eigenvalue weighted by molar-refractivity contribution is 5.48. The minimum Gasteiger partial charge on any atom is -0.492 e. The van der Waals surface area contributed by atoms with Crippen LogP contribution >= 0.6 is 0 Å². The maximum Gasteiger partial charge on any atom is 0.139 e. The van der Waals surface area contributed by atoms with Crippen LogP contribution in [0.5, 0.6) is 5.75 Å². The fourth-order valence-electron chi connectivity index (χ4n) is 2.42. The van der Waals surface area contributed by atoms with E-state index in [1.165, 1.54) is 5.56 Å². The molecule has 1 fully saturated rings. The number of aromatic nitrogens is 2. The summed E-state index contributed by atoms with van der Waals surface area (Å²) in [4.78, 5) is 10.6. The average Bonchev–Trinajstić information content (AvgIpc) is 2.57. The van der Waals surface area contributed by atoms with Crippen LogP contribution in [0.1, 0.15) is 5.56 Å². The van der Waals surface area contributed by atoms with E-state index in [0.29, 0.717) is 6.61 Å². The lowest BCUT2D eigenvalue weighted by molar-refractivity contribution is 0.320. The van der Waals surface area contributed by atoms with Gasteiger partial charge >= 0.3 is 0 Å². The number of ether oxygens (including phenoxy) is 1. The fourth-order valence-corrected chi connectivity index (χ4v) is 2.42. The van der Waals surface area contributed by atoms with Crippen LogP contribution in [0.2, 0.25) is 0 Å². The molecule has 5 nitrogen and oxygen atoms in total. The number of hydrogen-bond donors (Lipinski definition) is 1. The minimum atomic E-state index is 0.650. The molecule has 110 valence electrons. The molecule has 0 atom stereocenters. The maximum atomic E-state index is 5.82. The van der Waals surface area contributed by atoms with Gasteiger partial charge in [0.05, 0.1) is 24.7 Å². The Labute approximate surface area is 125 Å². The normalized spacial score (nSPS) is 15.0. The molecular formula is C16H20N4O. The van der Waals surface area contributed by atoms with E-state index in [1.54, 1.807) is 6.20 Å². The van der Waals surface area contributed by atoms with Gasteiger partial charge in [0, 0.05) is 51.1 Å². The molecule has 0 saturated carbocycles. The third-order valence-electron chi connectivity index (χ3n) is 3.59. The summed E-state index contributed by atoms with van der Waals surface area (Å²) in [6.07, 6.45) is 8.17. The Kier molecular flexibility index (Phi) is 4.63. The molecule has 1 saturated heterocycles. The molecule has 2 aromatic rings. The summed E-state index contributed by atoms with van der Waals surface area (Å²) in [5.74, 6) is 0.833. The summed E-state index contributed by atoms with van der Waals surface area (Å²) in [5, 5.41) is 3.35. The Morgan fingerprint density at radius 1 is 1.10 bits per heavy atom. The molecular weight excluding hydrogens is 264 g/mol. The second kappa shape index (κ2) is 7.04. The monoisotopic (exact) mass is 284 g/mol. The molecule has 3 heterocycles. The molecule has 1 aliphatic heterocycles. The Bertz CT molecular complexity index is 555. The van der Waals surface area contributed by atoms with Gasteiger partial charge in [-0.15, -0.1) is 0 Å². The van der Waals surface area contributed by atoms with Crippen LogP contribution in [0.3, 0.4) is 0 Å². The standard InChI is InChI=1S/C16H20N4O/c1-4-17-5-2-14(1)3-10-21-16-11-15(12-19-13-16)20-8-6-18-7-9-20/h1-2,4-5,11-13,18H,3,6-10H2. The van der Waals surface area contributed by atoms with Crippen molar-refractivity contribution in [3.05, 3.63) is 48.5 Å². The molecule has 1 aliphatic rings. The second-order valence-corrected chi connectivity index (χ2v) is 5.07. The lowest BCUT2D eigenvalue weighted by Crippen LogP contribution is -2.43. The quantitative estimate of drug-likeness (QED) is 0.902. The highest BCUT2D eigenvalue weighted by Crippen LogP contribution is 2.20. The van der Waals surface area contributed by atoms with Crippen molar-refractivity contribution in [3.8, 4) is 5.75 Å². The number of piperazine rings is 1. The summed E-state index contributed by atoms with van der Waals surface area (Å²) in [5.41, 5.74) is 2.37. The van der Waals surface area contributed by atoms with Crippen LogP contribution in [0.4, 0.5) is 5.69 Å². The third kappa shape index (κ3) is 3.92. The summed E-state index contributed by atoms with van der Waals surface area (Å²) in [7, 11) is 0. The van der Waals surface area contributed by atoms with E-state index >= 15 is 0 Å². The van der Waals surface area contributed by atoms with Gasteiger partial charge in [0.15, 0.2) is 0 Å². The van der Waals surface area contributed by atoms with Crippen molar-refractivity contribution in [1.29, 1.82) is 0 Å². The first kappa shape index (κ1) is 13.8. The molecule has 0 spiro atoms. The first-order chi connectivity index (χ1) is 10.4. The van der Waals surface area contributed by atoms with E-state index in [2.05, 4.69) is 26.3 Å². The largest absolute Gasteiger partial charge is 0.492 e. The van der Waals surface area contributed by atoms with E-state index < -0.39 is 0 Å². The van der Waals surface area contributed by atoms with Crippen LogP contribution < -0.4 is 15.0 Å². The summed E-state index contributed by atoms with van der Waals surface area (Å²) in [6.45, 7) is 4.72. The summed E-state index contributed by atoms with van der Waals surface area (Å²) < 4.78 is 5.82. The van der Waals surface area contributed by atoms with E-state index in [4.69, 9.17) is 4.74 Å². The lowest BCUT2D eigenvalue weighted by Gasteiger charge is -2.29. The second-order valence-electron chi connectivity index (χ2n) is 5.07. The Morgan fingerprint density at radius 3 is 2.71 bits per heavy atom. The molecule has 21 heavy (non-hydrogen) atoms. The zero-order chi connectivity index (χ0) is 14.3. The molecule has 3 rings (SSSR count). The van der Waals surface area contributed by atoms with Crippen LogP contribution in [0, 0.1) is 0 Å². The number of nitrogens with zero attached hydrogens (tertiary/aromatic N) is 3. The van der Waals surface area contributed by atoms with Crippen LogP contribution in [0.15, 0.2) is 43.0 Å². The number of pyridine rings is 2. The van der Waals surface area contributed by atoms with Gasteiger partial charge in [-0.05, 0) is 17.7 Å². The summed E-state index contributed by atoms with van der Waals surface area (Å²) in [6, 6.07) is 6.10. The molecule has 0 aromatic carbocycles. The first-order valence-corrected chi connectivity index (χ1v) is 7.34. The van der Waals surface area contributed by atoms with E-state index in [0.717, 1.165) is 44.0 Å². The highest BCUT2D eigenvalue weighted by Gasteiger charge is 2.11. The zero-order valence-electron chi connectivity index (χ0n) is 12.0. The third-order valence-corrected chi connectivity index (χ3v) is 3.59. The molecule has 5 heteroatoms. The number of rotatable bonds is 5. The van der Waals surface area contributed by atoms with E-state index in [9.17, 15) is 0 Å². The van der Waals surface area contributed by atoms with Crippen molar-refractivity contribution in [3.63, 3.8) is 0 Å². The Balaban J connectivity index is 1.55. The van der Waals surface area contributed by atoms with Gasteiger partial charge in [-0.3, -0.25) is 9.97 Å².